The minimum Gasteiger partial charge on any atom is -0.545 e. The summed E-state index contributed by atoms with van der Waals surface area (Å²) >= 11 is 0. The molecule has 2 rings (SSSR count). The number of hydrogen-bond acceptors (Lipinski definition) is 5. The van der Waals surface area contributed by atoms with Gasteiger partial charge < -0.3 is 20.0 Å². The zero-order chi connectivity index (χ0) is 18.4. The van der Waals surface area contributed by atoms with Gasteiger partial charge >= 0.3 is 0 Å². The van der Waals surface area contributed by atoms with E-state index in [1.54, 1.807) is 24.3 Å². The highest BCUT2D eigenvalue weighted by molar-refractivity contribution is 6.09. The molecule has 0 heterocycles. The minimum atomic E-state index is -1.41. The average Bonchev–Trinajstić information content (AvgIpc) is 2.59. The molecule has 0 radical (unpaired) electrons. The van der Waals surface area contributed by atoms with Gasteiger partial charge in [-0.2, -0.15) is 5.26 Å². The fourth-order valence-electron chi connectivity index (χ4n) is 2.21. The molecule has 0 aliphatic carbocycles. The summed E-state index contributed by atoms with van der Waals surface area (Å²) in [6, 6.07) is 13.2. The van der Waals surface area contributed by atoms with Crippen molar-refractivity contribution in [3.8, 4) is 11.8 Å². The summed E-state index contributed by atoms with van der Waals surface area (Å²) in [6.45, 7) is 1.88. The molecule has 0 aliphatic heterocycles. The second-order valence-electron chi connectivity index (χ2n) is 5.24. The highest BCUT2D eigenvalue weighted by Gasteiger charge is 2.11. The molecule has 25 heavy (non-hydrogen) atoms. The van der Waals surface area contributed by atoms with Crippen molar-refractivity contribution in [2.24, 2.45) is 0 Å². The molecule has 0 fully saturated rings. The molecule has 0 saturated carbocycles. The molecule has 1 N–H and O–H groups in total. The molecule has 0 saturated heterocycles. The molecular formula is C19H15N2O4-. The Balaban J connectivity index is 2.31. The smallest absolute Gasteiger partial charge is 0.266 e. The Morgan fingerprint density at radius 3 is 2.60 bits per heavy atom. The molecule has 0 spiro atoms. The van der Waals surface area contributed by atoms with E-state index in [1.165, 1.54) is 25.3 Å². The van der Waals surface area contributed by atoms with E-state index in [-0.39, 0.29) is 16.9 Å². The van der Waals surface area contributed by atoms with E-state index in [4.69, 9.17) is 4.74 Å². The van der Waals surface area contributed by atoms with Gasteiger partial charge in [-0.15, -0.1) is 0 Å². The van der Waals surface area contributed by atoms with Gasteiger partial charge in [0.25, 0.3) is 5.91 Å². The fraction of sp³-hybridized carbons (Fsp3) is 0.105. The van der Waals surface area contributed by atoms with Crippen LogP contribution >= 0.6 is 0 Å². The number of methoxy groups -OCH3 is 1. The number of aryl methyl sites for hydroxylation is 1. The average molecular weight is 335 g/mol. The third kappa shape index (κ3) is 4.45. The standard InChI is InChI=1S/C19H16N2O4/c1-12-4-3-5-15(8-12)21-18(22)14(11-20)9-13-6-7-17(25-2)16(10-13)19(23)24/h3-10H,1-2H3,(H,21,22)(H,23,24)/p-1/b14-9-. The third-order valence-electron chi connectivity index (χ3n) is 3.40. The first-order valence-corrected chi connectivity index (χ1v) is 7.34. The molecular weight excluding hydrogens is 320 g/mol. The molecule has 2 aromatic carbocycles. The lowest BCUT2D eigenvalue weighted by Gasteiger charge is -2.10. The maximum absolute atomic E-state index is 12.2. The molecule has 0 unspecified atom stereocenters. The van der Waals surface area contributed by atoms with Crippen LogP contribution in [0.5, 0.6) is 5.75 Å². The van der Waals surface area contributed by atoms with Crippen molar-refractivity contribution in [2.45, 2.75) is 6.92 Å². The maximum Gasteiger partial charge on any atom is 0.266 e. The molecule has 6 nitrogen and oxygen atoms in total. The van der Waals surface area contributed by atoms with Crippen LogP contribution in [-0.4, -0.2) is 19.0 Å². The fourth-order valence-corrected chi connectivity index (χ4v) is 2.21. The number of anilines is 1. The lowest BCUT2D eigenvalue weighted by molar-refractivity contribution is -0.255. The number of ether oxygens (including phenoxy) is 1. The van der Waals surface area contributed by atoms with Gasteiger partial charge in [0.05, 0.1) is 13.1 Å². The number of rotatable bonds is 5. The van der Waals surface area contributed by atoms with E-state index < -0.39 is 11.9 Å². The van der Waals surface area contributed by atoms with Gasteiger partial charge in [0.15, 0.2) is 0 Å². The van der Waals surface area contributed by atoms with E-state index in [0.717, 1.165) is 5.56 Å². The number of carboxylic acid groups (broad SMARTS) is 1. The largest absolute Gasteiger partial charge is 0.545 e. The SMILES string of the molecule is COc1ccc(/C=C(/C#N)C(=O)Nc2cccc(C)c2)cc1C(=O)[O-]. The second-order valence-corrected chi connectivity index (χ2v) is 5.24. The van der Waals surface area contributed by atoms with Crippen molar-refractivity contribution in [1.29, 1.82) is 5.26 Å². The number of benzene rings is 2. The van der Waals surface area contributed by atoms with Crippen LogP contribution in [-0.2, 0) is 4.79 Å². The summed E-state index contributed by atoms with van der Waals surface area (Å²) in [5, 5.41) is 23.0. The summed E-state index contributed by atoms with van der Waals surface area (Å²) in [6.07, 6.45) is 1.30. The first kappa shape index (κ1) is 17.8. The van der Waals surface area contributed by atoms with E-state index in [2.05, 4.69) is 5.32 Å². The third-order valence-corrected chi connectivity index (χ3v) is 3.40. The van der Waals surface area contributed by atoms with Crippen LogP contribution in [0.1, 0.15) is 21.5 Å². The molecule has 0 aromatic heterocycles. The lowest BCUT2D eigenvalue weighted by Crippen LogP contribution is -2.23. The highest BCUT2D eigenvalue weighted by Crippen LogP contribution is 2.21. The Kier molecular flexibility index (Phi) is 5.54. The quantitative estimate of drug-likeness (QED) is 0.664. The van der Waals surface area contributed by atoms with Crippen molar-refractivity contribution in [3.63, 3.8) is 0 Å². The number of nitriles is 1. The summed E-state index contributed by atoms with van der Waals surface area (Å²) in [5.41, 5.74) is 1.59. The molecule has 0 aliphatic rings. The van der Waals surface area contributed by atoms with Gasteiger partial charge in [0.2, 0.25) is 0 Å². The van der Waals surface area contributed by atoms with Crippen molar-refractivity contribution in [1.82, 2.24) is 0 Å². The summed E-state index contributed by atoms with van der Waals surface area (Å²) in [7, 11) is 1.34. The Morgan fingerprint density at radius 1 is 1.24 bits per heavy atom. The van der Waals surface area contributed by atoms with Gasteiger partial charge in [-0.25, -0.2) is 0 Å². The summed E-state index contributed by atoms with van der Waals surface area (Å²) in [4.78, 5) is 23.4. The van der Waals surface area contributed by atoms with Crippen LogP contribution in [0, 0.1) is 18.3 Å². The zero-order valence-electron chi connectivity index (χ0n) is 13.7. The number of amides is 1. The van der Waals surface area contributed by atoms with Crippen LogP contribution in [0.15, 0.2) is 48.0 Å². The zero-order valence-corrected chi connectivity index (χ0v) is 13.7. The number of aromatic carboxylic acids is 1. The monoisotopic (exact) mass is 335 g/mol. The number of carbonyl (C=O) groups is 2. The Bertz CT molecular complexity index is 895. The Morgan fingerprint density at radius 2 is 2.00 bits per heavy atom. The topological polar surface area (TPSA) is 102 Å². The minimum absolute atomic E-state index is 0.139. The van der Waals surface area contributed by atoms with E-state index >= 15 is 0 Å². The van der Waals surface area contributed by atoms with E-state index in [9.17, 15) is 20.0 Å². The molecule has 126 valence electrons. The normalized spacial score (nSPS) is 10.7. The number of carbonyl (C=O) groups excluding carboxylic acids is 2. The van der Waals surface area contributed by atoms with Crippen molar-refractivity contribution in [3.05, 3.63) is 64.7 Å². The molecule has 1 amide bonds. The van der Waals surface area contributed by atoms with Crippen LogP contribution in [0.4, 0.5) is 5.69 Å². The predicted octanol–water partition coefficient (Wildman–Crippen LogP) is 1.91. The van der Waals surface area contributed by atoms with E-state index in [1.807, 2.05) is 19.1 Å². The van der Waals surface area contributed by atoms with Gasteiger partial charge in [-0.05, 0) is 48.4 Å². The number of nitrogens with zero attached hydrogens (tertiary/aromatic N) is 1. The van der Waals surface area contributed by atoms with Crippen molar-refractivity contribution in [2.75, 3.05) is 12.4 Å². The van der Waals surface area contributed by atoms with Crippen LogP contribution in [0.25, 0.3) is 6.08 Å². The van der Waals surface area contributed by atoms with Gasteiger partial charge in [0, 0.05) is 11.3 Å². The second kappa shape index (κ2) is 7.79. The molecule has 6 heteroatoms. The first-order valence-electron chi connectivity index (χ1n) is 7.34. The predicted molar refractivity (Wildman–Crippen MR) is 90.7 cm³/mol. The number of hydrogen-bond donors (Lipinski definition) is 1. The molecule has 0 bridgehead atoms. The first-order chi connectivity index (χ1) is 11.9. The van der Waals surface area contributed by atoms with Gasteiger partial charge in [-0.1, -0.05) is 18.2 Å². The molecule has 0 atom stereocenters. The summed E-state index contributed by atoms with van der Waals surface area (Å²) in [5.74, 6) is -1.85. The molecule has 2 aromatic rings. The Labute approximate surface area is 145 Å². The van der Waals surface area contributed by atoms with Crippen LogP contribution < -0.4 is 15.2 Å². The highest BCUT2D eigenvalue weighted by atomic mass is 16.5. The number of carboxylic acids is 1. The van der Waals surface area contributed by atoms with Gasteiger partial charge in [0.1, 0.15) is 17.4 Å². The van der Waals surface area contributed by atoms with Gasteiger partial charge in [-0.3, -0.25) is 4.79 Å². The number of nitrogens with one attached hydrogen (secondary N) is 1. The lowest BCUT2D eigenvalue weighted by atomic mass is 10.1. The van der Waals surface area contributed by atoms with Crippen molar-refractivity contribution < 1.29 is 19.4 Å². The van der Waals surface area contributed by atoms with Crippen LogP contribution in [0.2, 0.25) is 0 Å². The Hall–Kier alpha value is -3.59. The van der Waals surface area contributed by atoms with E-state index in [0.29, 0.717) is 11.3 Å². The summed E-state index contributed by atoms with van der Waals surface area (Å²) < 4.78 is 4.94. The maximum atomic E-state index is 12.2. The van der Waals surface area contributed by atoms with Crippen molar-refractivity contribution >= 4 is 23.6 Å². The van der Waals surface area contributed by atoms with Crippen LogP contribution in [0.3, 0.4) is 0 Å².